The average molecular weight is 335 g/mol. The van der Waals surface area contributed by atoms with E-state index in [9.17, 15) is 0 Å². The molecule has 4 heteroatoms. The summed E-state index contributed by atoms with van der Waals surface area (Å²) in [7, 11) is 3.90. The van der Waals surface area contributed by atoms with E-state index in [1.54, 1.807) is 0 Å². The molecule has 1 N–H and O–H groups in total. The summed E-state index contributed by atoms with van der Waals surface area (Å²) in [6, 6.07) is 8.66. The Morgan fingerprint density at radius 3 is 2.68 bits per heavy atom. The van der Waals surface area contributed by atoms with Gasteiger partial charge >= 0.3 is 0 Å². The summed E-state index contributed by atoms with van der Waals surface area (Å²) in [6.07, 6.45) is 12.8. The molecule has 0 aliphatic rings. The second-order valence-electron chi connectivity index (χ2n) is 5.49. The lowest BCUT2D eigenvalue weighted by Gasteiger charge is -2.07. The molecule has 0 saturated carbocycles. The van der Waals surface area contributed by atoms with Crippen molar-refractivity contribution < 1.29 is 0 Å². The number of unbranched alkanes of at least 4 members (excludes halogenated alkanes) is 5. The summed E-state index contributed by atoms with van der Waals surface area (Å²) in [6.45, 7) is 2.27. The molecule has 0 atom stereocenters. The van der Waals surface area contributed by atoms with Crippen LogP contribution >= 0.6 is 21.6 Å². The number of hydrogen-bond donors (Lipinski definition) is 1. The number of imidazole rings is 1. The summed E-state index contributed by atoms with van der Waals surface area (Å²) in [4.78, 5) is 8.88. The summed E-state index contributed by atoms with van der Waals surface area (Å²) in [5.41, 5.74) is 1.36. The van der Waals surface area contributed by atoms with Crippen LogP contribution in [0, 0.1) is 0 Å². The van der Waals surface area contributed by atoms with Crippen LogP contribution in [0.5, 0.6) is 0 Å². The third kappa shape index (κ3) is 6.49. The second-order valence-corrected chi connectivity index (χ2v) is 7.95. The molecule has 0 aliphatic carbocycles. The van der Waals surface area contributed by atoms with Crippen LogP contribution in [0.1, 0.15) is 56.8 Å². The number of H-pyrrole nitrogens is 1. The molecule has 22 heavy (non-hydrogen) atoms. The van der Waals surface area contributed by atoms with Gasteiger partial charge in [-0.3, -0.25) is 0 Å². The number of rotatable bonds is 11. The van der Waals surface area contributed by atoms with Crippen molar-refractivity contribution in [3.05, 3.63) is 48.0 Å². The molecule has 2 rings (SSSR count). The molecular weight excluding hydrogens is 308 g/mol. The lowest BCUT2D eigenvalue weighted by atomic mass is 10.1. The van der Waals surface area contributed by atoms with Gasteiger partial charge in [0, 0.05) is 29.5 Å². The van der Waals surface area contributed by atoms with Crippen molar-refractivity contribution in [1.29, 1.82) is 0 Å². The van der Waals surface area contributed by atoms with Crippen molar-refractivity contribution in [3.63, 3.8) is 0 Å². The molecule has 2 aromatic rings. The van der Waals surface area contributed by atoms with Crippen LogP contribution in [0.2, 0.25) is 0 Å². The minimum Gasteiger partial charge on any atom is -0.348 e. The van der Waals surface area contributed by atoms with Gasteiger partial charge in [0.15, 0.2) is 0 Å². The molecule has 120 valence electrons. The molecule has 1 heterocycles. The van der Waals surface area contributed by atoms with Gasteiger partial charge in [0.05, 0.1) is 0 Å². The van der Waals surface area contributed by atoms with E-state index in [2.05, 4.69) is 41.2 Å². The predicted octanol–water partition coefficient (Wildman–Crippen LogP) is 6.10. The molecule has 0 spiro atoms. The first-order valence-electron chi connectivity index (χ1n) is 8.25. The van der Waals surface area contributed by atoms with Gasteiger partial charge in [-0.1, -0.05) is 78.8 Å². The quantitative estimate of drug-likeness (QED) is 0.397. The summed E-state index contributed by atoms with van der Waals surface area (Å²) < 4.78 is 0. The number of aromatic nitrogens is 2. The largest absolute Gasteiger partial charge is 0.348 e. The maximum atomic E-state index is 4.33. The third-order valence-corrected chi connectivity index (χ3v) is 6.16. The fourth-order valence-corrected chi connectivity index (χ4v) is 4.74. The lowest BCUT2D eigenvalue weighted by molar-refractivity contribution is 0.627. The van der Waals surface area contributed by atoms with Crippen LogP contribution < -0.4 is 0 Å². The van der Waals surface area contributed by atoms with E-state index in [0.717, 1.165) is 12.2 Å². The normalized spacial score (nSPS) is 11.0. The van der Waals surface area contributed by atoms with Crippen molar-refractivity contribution >= 4 is 21.6 Å². The monoisotopic (exact) mass is 334 g/mol. The van der Waals surface area contributed by atoms with E-state index >= 15 is 0 Å². The van der Waals surface area contributed by atoms with Gasteiger partial charge in [0.2, 0.25) is 0 Å². The minimum atomic E-state index is 0.883. The van der Waals surface area contributed by atoms with E-state index in [1.807, 2.05) is 34.0 Å². The molecule has 0 aliphatic heterocycles. The number of hydrogen-bond acceptors (Lipinski definition) is 3. The van der Waals surface area contributed by atoms with Crippen molar-refractivity contribution in [1.82, 2.24) is 9.97 Å². The molecule has 0 radical (unpaired) electrons. The Morgan fingerprint density at radius 1 is 1.05 bits per heavy atom. The van der Waals surface area contributed by atoms with Crippen molar-refractivity contribution in [2.75, 3.05) is 5.75 Å². The molecule has 0 saturated heterocycles. The standard InChI is InChI=1S/C18H26N2S2/c1-2-3-4-5-6-9-14-21-22-17-11-8-7-10-16(17)15-18-19-12-13-20-18/h7-8,10-13H,2-6,9,14-15H2,1H3,(H,19,20). The van der Waals surface area contributed by atoms with Gasteiger partial charge in [0.25, 0.3) is 0 Å². The van der Waals surface area contributed by atoms with Gasteiger partial charge < -0.3 is 4.98 Å². The highest BCUT2D eigenvalue weighted by molar-refractivity contribution is 8.76. The van der Waals surface area contributed by atoms with Gasteiger partial charge in [-0.05, 0) is 18.1 Å². The van der Waals surface area contributed by atoms with Crippen molar-refractivity contribution in [2.24, 2.45) is 0 Å². The maximum absolute atomic E-state index is 4.33. The first-order chi connectivity index (χ1) is 10.9. The van der Waals surface area contributed by atoms with Gasteiger partial charge in [-0.2, -0.15) is 0 Å². The molecular formula is C18H26N2S2. The Balaban J connectivity index is 1.69. The SMILES string of the molecule is CCCCCCCCSSc1ccccc1Cc1ncc[nH]1. The molecule has 0 bridgehead atoms. The van der Waals surface area contributed by atoms with Gasteiger partial charge in [0.1, 0.15) is 5.82 Å². The molecule has 1 aromatic heterocycles. The van der Waals surface area contributed by atoms with Crippen LogP contribution in [0.4, 0.5) is 0 Å². The van der Waals surface area contributed by atoms with E-state index in [0.29, 0.717) is 0 Å². The van der Waals surface area contributed by atoms with Crippen LogP contribution in [0.25, 0.3) is 0 Å². The smallest absolute Gasteiger partial charge is 0.110 e. The number of nitrogens with one attached hydrogen (secondary N) is 1. The fraction of sp³-hybridized carbons (Fsp3) is 0.500. The van der Waals surface area contributed by atoms with Crippen LogP contribution in [-0.2, 0) is 6.42 Å². The number of aromatic amines is 1. The topological polar surface area (TPSA) is 28.7 Å². The molecule has 0 fully saturated rings. The Hall–Kier alpha value is -0.870. The third-order valence-electron chi connectivity index (χ3n) is 3.62. The molecule has 0 amide bonds. The van der Waals surface area contributed by atoms with E-state index in [4.69, 9.17) is 0 Å². The first-order valence-corrected chi connectivity index (χ1v) is 10.6. The summed E-state index contributed by atoms with van der Waals surface area (Å²) in [5.74, 6) is 2.28. The van der Waals surface area contributed by atoms with Crippen molar-refractivity contribution in [2.45, 2.75) is 56.8 Å². The van der Waals surface area contributed by atoms with Gasteiger partial charge in [-0.25, -0.2) is 4.98 Å². The van der Waals surface area contributed by atoms with E-state index < -0.39 is 0 Å². The highest BCUT2D eigenvalue weighted by Gasteiger charge is 2.05. The van der Waals surface area contributed by atoms with Crippen LogP contribution in [0.15, 0.2) is 41.6 Å². The zero-order valence-corrected chi connectivity index (χ0v) is 15.0. The van der Waals surface area contributed by atoms with E-state index in [-0.39, 0.29) is 0 Å². The average Bonchev–Trinajstić information content (AvgIpc) is 3.04. The second kappa shape index (κ2) is 10.8. The number of benzene rings is 1. The Labute approximate surface area is 142 Å². The highest BCUT2D eigenvalue weighted by Crippen LogP contribution is 2.34. The zero-order valence-electron chi connectivity index (χ0n) is 13.4. The van der Waals surface area contributed by atoms with Gasteiger partial charge in [-0.15, -0.1) is 0 Å². The van der Waals surface area contributed by atoms with Crippen LogP contribution in [-0.4, -0.2) is 15.7 Å². The van der Waals surface area contributed by atoms with Crippen molar-refractivity contribution in [3.8, 4) is 0 Å². The lowest BCUT2D eigenvalue weighted by Crippen LogP contribution is -1.92. The predicted molar refractivity (Wildman–Crippen MR) is 99.5 cm³/mol. The molecule has 1 aromatic carbocycles. The first kappa shape index (κ1) is 17.5. The zero-order chi connectivity index (χ0) is 15.5. The Kier molecular flexibility index (Phi) is 8.57. The Bertz CT molecular complexity index is 512. The fourth-order valence-electron chi connectivity index (χ4n) is 2.35. The molecule has 2 nitrogen and oxygen atoms in total. The van der Waals surface area contributed by atoms with E-state index in [1.165, 1.54) is 54.7 Å². The number of nitrogens with zero attached hydrogens (tertiary/aromatic N) is 1. The minimum absolute atomic E-state index is 0.883. The highest BCUT2D eigenvalue weighted by atomic mass is 33.1. The maximum Gasteiger partial charge on any atom is 0.110 e. The Morgan fingerprint density at radius 2 is 1.86 bits per heavy atom. The summed E-state index contributed by atoms with van der Waals surface area (Å²) in [5, 5.41) is 0. The summed E-state index contributed by atoms with van der Waals surface area (Å²) >= 11 is 0. The van der Waals surface area contributed by atoms with Crippen LogP contribution in [0.3, 0.4) is 0 Å². The molecule has 0 unspecified atom stereocenters.